The summed E-state index contributed by atoms with van der Waals surface area (Å²) in [7, 11) is 0. The Morgan fingerprint density at radius 1 is 0.906 bits per heavy atom. The van der Waals surface area contributed by atoms with Crippen molar-refractivity contribution in [3.8, 4) is 0 Å². The largest absolute Gasteiger partial charge is 0.467 e. The standard InChI is InChI=1S/C25H20F2N2O3/c26-20-9-10-23(22(27)15-20)29(16-21-6-3-13-32-21)24(30)11-12-28-25(31)19-8-7-17-4-1-2-5-18(17)14-19/h1-10,13-15H,11-12,16H2,(H,28,31). The van der Waals surface area contributed by atoms with E-state index in [1.54, 1.807) is 24.3 Å². The van der Waals surface area contributed by atoms with Crippen molar-refractivity contribution in [2.75, 3.05) is 11.4 Å². The second-order valence-electron chi connectivity index (χ2n) is 7.22. The Bertz CT molecular complexity index is 1260. The number of hydrogen-bond donors (Lipinski definition) is 1. The molecule has 2 amide bonds. The van der Waals surface area contributed by atoms with E-state index in [1.807, 2.05) is 30.3 Å². The Kier molecular flexibility index (Phi) is 6.26. The van der Waals surface area contributed by atoms with Crippen LogP contribution in [0.5, 0.6) is 0 Å². The fraction of sp³-hybridized carbons (Fsp3) is 0.120. The molecule has 0 aliphatic rings. The number of anilines is 1. The van der Waals surface area contributed by atoms with Crippen LogP contribution in [0.25, 0.3) is 10.8 Å². The molecule has 0 radical (unpaired) electrons. The van der Waals surface area contributed by atoms with Crippen LogP contribution in [0.3, 0.4) is 0 Å². The molecule has 162 valence electrons. The first kappa shape index (κ1) is 21.2. The predicted octanol–water partition coefficient (Wildman–Crippen LogP) is 5.06. The maximum atomic E-state index is 14.4. The van der Waals surface area contributed by atoms with E-state index >= 15 is 0 Å². The number of fused-ring (bicyclic) bond motifs is 1. The van der Waals surface area contributed by atoms with E-state index in [0.29, 0.717) is 11.3 Å². The number of carbonyl (C=O) groups is 2. The number of furan rings is 1. The van der Waals surface area contributed by atoms with Crippen LogP contribution in [-0.4, -0.2) is 18.4 Å². The molecule has 3 aromatic carbocycles. The number of amides is 2. The minimum Gasteiger partial charge on any atom is -0.467 e. The molecular weight excluding hydrogens is 414 g/mol. The fourth-order valence-corrected chi connectivity index (χ4v) is 3.42. The minimum absolute atomic E-state index is 0.0208. The van der Waals surface area contributed by atoms with Gasteiger partial charge in [-0.25, -0.2) is 8.78 Å². The van der Waals surface area contributed by atoms with E-state index in [2.05, 4.69) is 5.32 Å². The van der Waals surface area contributed by atoms with Crippen molar-refractivity contribution >= 4 is 28.3 Å². The van der Waals surface area contributed by atoms with Gasteiger partial charge in [0.15, 0.2) is 0 Å². The number of rotatable bonds is 7. The average Bonchev–Trinajstić information content (AvgIpc) is 3.31. The summed E-state index contributed by atoms with van der Waals surface area (Å²) in [5, 5.41) is 4.68. The highest BCUT2D eigenvalue weighted by molar-refractivity contribution is 5.99. The zero-order chi connectivity index (χ0) is 22.5. The van der Waals surface area contributed by atoms with Crippen LogP contribution in [-0.2, 0) is 11.3 Å². The third kappa shape index (κ3) is 4.83. The third-order valence-electron chi connectivity index (χ3n) is 5.03. The quantitative estimate of drug-likeness (QED) is 0.442. The third-order valence-corrected chi connectivity index (χ3v) is 5.03. The molecule has 4 rings (SSSR count). The van der Waals surface area contributed by atoms with Gasteiger partial charge in [-0.2, -0.15) is 0 Å². The van der Waals surface area contributed by atoms with Gasteiger partial charge in [-0.3, -0.25) is 9.59 Å². The fourth-order valence-electron chi connectivity index (χ4n) is 3.42. The molecule has 32 heavy (non-hydrogen) atoms. The zero-order valence-corrected chi connectivity index (χ0v) is 17.1. The molecule has 0 fully saturated rings. The number of halogens is 2. The van der Waals surface area contributed by atoms with Crippen LogP contribution in [0.15, 0.2) is 83.5 Å². The second-order valence-corrected chi connectivity index (χ2v) is 7.22. The minimum atomic E-state index is -0.856. The van der Waals surface area contributed by atoms with E-state index in [1.165, 1.54) is 17.2 Å². The Hall–Kier alpha value is -4.00. The lowest BCUT2D eigenvalue weighted by Crippen LogP contribution is -2.34. The Balaban J connectivity index is 1.43. The molecule has 0 spiro atoms. The molecule has 0 aliphatic carbocycles. The maximum Gasteiger partial charge on any atom is 0.251 e. The van der Waals surface area contributed by atoms with E-state index in [4.69, 9.17) is 4.42 Å². The molecule has 1 heterocycles. The summed E-state index contributed by atoms with van der Waals surface area (Å²) in [5.41, 5.74) is 0.418. The lowest BCUT2D eigenvalue weighted by atomic mass is 10.1. The van der Waals surface area contributed by atoms with E-state index in [9.17, 15) is 18.4 Å². The molecule has 4 aromatic rings. The van der Waals surface area contributed by atoms with Gasteiger partial charge in [0.05, 0.1) is 18.5 Å². The lowest BCUT2D eigenvalue weighted by Gasteiger charge is -2.22. The number of hydrogen-bond acceptors (Lipinski definition) is 3. The highest BCUT2D eigenvalue weighted by Gasteiger charge is 2.21. The molecule has 0 bridgehead atoms. The number of benzene rings is 3. The van der Waals surface area contributed by atoms with Gasteiger partial charge in [0.1, 0.15) is 17.4 Å². The van der Waals surface area contributed by atoms with Gasteiger partial charge in [-0.05, 0) is 47.2 Å². The summed E-state index contributed by atoms with van der Waals surface area (Å²) in [5.74, 6) is -1.90. The summed E-state index contributed by atoms with van der Waals surface area (Å²) < 4.78 is 33.0. The van der Waals surface area contributed by atoms with Crippen molar-refractivity contribution < 1.29 is 22.8 Å². The second kappa shape index (κ2) is 9.43. The highest BCUT2D eigenvalue weighted by Crippen LogP contribution is 2.23. The molecular formula is C25H20F2N2O3. The molecule has 7 heteroatoms. The van der Waals surface area contributed by atoms with Gasteiger partial charge in [-0.1, -0.05) is 30.3 Å². The summed E-state index contributed by atoms with van der Waals surface area (Å²) in [6.45, 7) is 0.0367. The van der Waals surface area contributed by atoms with Gasteiger partial charge in [-0.15, -0.1) is 0 Å². The first-order valence-corrected chi connectivity index (χ1v) is 10.1. The van der Waals surface area contributed by atoms with Crippen molar-refractivity contribution in [3.63, 3.8) is 0 Å². The maximum absolute atomic E-state index is 14.4. The number of nitrogens with one attached hydrogen (secondary N) is 1. The highest BCUT2D eigenvalue weighted by atomic mass is 19.1. The van der Waals surface area contributed by atoms with Gasteiger partial charge in [0.2, 0.25) is 5.91 Å². The number of nitrogens with zero attached hydrogens (tertiary/aromatic N) is 1. The molecule has 0 aliphatic heterocycles. The zero-order valence-electron chi connectivity index (χ0n) is 17.1. The predicted molar refractivity (Wildman–Crippen MR) is 117 cm³/mol. The van der Waals surface area contributed by atoms with Crippen LogP contribution < -0.4 is 10.2 Å². The van der Waals surface area contributed by atoms with E-state index in [0.717, 1.165) is 22.9 Å². The van der Waals surface area contributed by atoms with Crippen LogP contribution in [0, 0.1) is 11.6 Å². The molecule has 0 unspecified atom stereocenters. The normalized spacial score (nSPS) is 10.8. The van der Waals surface area contributed by atoms with Crippen LogP contribution >= 0.6 is 0 Å². The molecule has 5 nitrogen and oxygen atoms in total. The van der Waals surface area contributed by atoms with Crippen molar-refractivity contribution in [1.29, 1.82) is 0 Å². The van der Waals surface area contributed by atoms with Crippen LogP contribution in [0.2, 0.25) is 0 Å². The SMILES string of the molecule is O=C(NCCC(=O)N(Cc1ccco1)c1ccc(F)cc1F)c1ccc2ccccc2c1. The Morgan fingerprint density at radius 2 is 1.72 bits per heavy atom. The van der Waals surface area contributed by atoms with Crippen molar-refractivity contribution in [2.24, 2.45) is 0 Å². The molecule has 0 atom stereocenters. The van der Waals surface area contributed by atoms with E-state index in [-0.39, 0.29) is 31.1 Å². The van der Waals surface area contributed by atoms with Gasteiger partial charge >= 0.3 is 0 Å². The lowest BCUT2D eigenvalue weighted by molar-refractivity contribution is -0.118. The Morgan fingerprint density at radius 3 is 2.47 bits per heavy atom. The van der Waals surface area contributed by atoms with Crippen LogP contribution in [0.4, 0.5) is 14.5 Å². The van der Waals surface area contributed by atoms with Gasteiger partial charge < -0.3 is 14.6 Å². The summed E-state index contributed by atoms with van der Waals surface area (Å²) >= 11 is 0. The molecule has 1 N–H and O–H groups in total. The summed E-state index contributed by atoms with van der Waals surface area (Å²) in [6.07, 6.45) is 1.37. The van der Waals surface area contributed by atoms with Crippen LogP contribution in [0.1, 0.15) is 22.5 Å². The first-order chi connectivity index (χ1) is 15.5. The molecule has 1 aromatic heterocycles. The van der Waals surface area contributed by atoms with Gasteiger partial charge in [0, 0.05) is 24.6 Å². The van der Waals surface area contributed by atoms with Crippen molar-refractivity contribution in [2.45, 2.75) is 13.0 Å². The van der Waals surface area contributed by atoms with Crippen molar-refractivity contribution in [1.82, 2.24) is 5.32 Å². The topological polar surface area (TPSA) is 62.6 Å². The molecule has 0 saturated heterocycles. The first-order valence-electron chi connectivity index (χ1n) is 10.1. The van der Waals surface area contributed by atoms with E-state index < -0.39 is 17.5 Å². The average molecular weight is 434 g/mol. The van der Waals surface area contributed by atoms with Crippen molar-refractivity contribution in [3.05, 3.63) is 102 Å². The summed E-state index contributed by atoms with van der Waals surface area (Å²) in [4.78, 5) is 26.6. The molecule has 0 saturated carbocycles. The summed E-state index contributed by atoms with van der Waals surface area (Å²) in [6, 6.07) is 19.4. The number of carbonyl (C=O) groups excluding carboxylic acids is 2. The van der Waals surface area contributed by atoms with Gasteiger partial charge in [0.25, 0.3) is 5.91 Å². The Labute approximate surface area is 183 Å². The smallest absolute Gasteiger partial charge is 0.251 e. The monoisotopic (exact) mass is 434 g/mol.